The van der Waals surface area contributed by atoms with Crippen molar-refractivity contribution in [3.05, 3.63) is 47.5 Å². The van der Waals surface area contributed by atoms with Crippen LogP contribution >= 0.6 is 0 Å². The number of hydrogen-bond acceptors (Lipinski definition) is 0. The van der Waals surface area contributed by atoms with Gasteiger partial charge in [-0.2, -0.15) is 0 Å². The van der Waals surface area contributed by atoms with Crippen LogP contribution in [0.1, 0.15) is 39.2 Å². The third-order valence-electron chi connectivity index (χ3n) is 3.58. The highest BCUT2D eigenvalue weighted by atomic mass is 14.6. The van der Waals surface area contributed by atoms with Gasteiger partial charge < -0.3 is 0 Å². The van der Waals surface area contributed by atoms with Crippen LogP contribution in [0.2, 0.25) is 0 Å². The van der Waals surface area contributed by atoms with E-state index in [4.69, 9.17) is 0 Å². The normalized spacial score (nSPS) is 27.2. The van der Waals surface area contributed by atoms with Crippen molar-refractivity contribution in [3.8, 4) is 0 Å². The van der Waals surface area contributed by atoms with Crippen molar-refractivity contribution >= 4 is 0 Å². The van der Waals surface area contributed by atoms with Crippen LogP contribution in [0.5, 0.6) is 0 Å². The topological polar surface area (TPSA) is 0 Å². The maximum Gasteiger partial charge on any atom is -0.00364 e. The van der Waals surface area contributed by atoms with Gasteiger partial charge in [-0.3, -0.25) is 0 Å². The SMILES string of the molecule is CC(C)=C[C@@H]1[C@H](c2ccccc2)C1(C)C. The Morgan fingerprint density at radius 1 is 1.13 bits per heavy atom. The van der Waals surface area contributed by atoms with E-state index in [9.17, 15) is 0 Å². The Labute approximate surface area is 93.0 Å². The molecule has 0 heterocycles. The first kappa shape index (κ1) is 10.5. The van der Waals surface area contributed by atoms with E-state index in [1.165, 1.54) is 11.1 Å². The van der Waals surface area contributed by atoms with Gasteiger partial charge in [0.15, 0.2) is 0 Å². The number of benzene rings is 1. The summed E-state index contributed by atoms with van der Waals surface area (Å²) in [7, 11) is 0. The van der Waals surface area contributed by atoms with Gasteiger partial charge in [0.05, 0.1) is 0 Å². The lowest BCUT2D eigenvalue weighted by molar-refractivity contribution is 0.592. The van der Waals surface area contributed by atoms with E-state index >= 15 is 0 Å². The Morgan fingerprint density at radius 2 is 1.73 bits per heavy atom. The molecule has 1 aliphatic carbocycles. The van der Waals surface area contributed by atoms with E-state index in [0.717, 1.165) is 5.92 Å². The van der Waals surface area contributed by atoms with Gasteiger partial charge in [0.2, 0.25) is 0 Å². The van der Waals surface area contributed by atoms with Crippen LogP contribution in [-0.2, 0) is 0 Å². The van der Waals surface area contributed by atoms with Gasteiger partial charge in [-0.15, -0.1) is 0 Å². The summed E-state index contributed by atoms with van der Waals surface area (Å²) >= 11 is 0. The molecule has 1 aromatic carbocycles. The summed E-state index contributed by atoms with van der Waals surface area (Å²) in [6.07, 6.45) is 2.43. The zero-order valence-electron chi connectivity index (χ0n) is 10.1. The second kappa shape index (κ2) is 3.52. The summed E-state index contributed by atoms with van der Waals surface area (Å²) in [6, 6.07) is 10.9. The van der Waals surface area contributed by atoms with Gasteiger partial charge in [0.25, 0.3) is 0 Å². The van der Waals surface area contributed by atoms with Crippen LogP contribution in [0.25, 0.3) is 0 Å². The molecule has 0 nitrogen and oxygen atoms in total. The highest BCUT2D eigenvalue weighted by Crippen LogP contribution is 2.65. The fraction of sp³-hybridized carbons (Fsp3) is 0.467. The molecule has 80 valence electrons. The minimum absolute atomic E-state index is 0.443. The highest BCUT2D eigenvalue weighted by Gasteiger charge is 2.56. The molecule has 0 radical (unpaired) electrons. The fourth-order valence-electron chi connectivity index (χ4n) is 2.64. The Morgan fingerprint density at radius 3 is 2.27 bits per heavy atom. The Hall–Kier alpha value is -1.04. The lowest BCUT2D eigenvalue weighted by Crippen LogP contribution is -1.89. The molecular formula is C15H20. The average Bonchev–Trinajstić information content (AvgIpc) is 2.68. The molecule has 1 fully saturated rings. The molecule has 0 unspecified atom stereocenters. The van der Waals surface area contributed by atoms with Crippen molar-refractivity contribution in [2.45, 2.75) is 33.6 Å². The summed E-state index contributed by atoms with van der Waals surface area (Å²) in [5.74, 6) is 1.44. The Bertz CT molecular complexity index is 366. The summed E-state index contributed by atoms with van der Waals surface area (Å²) in [4.78, 5) is 0. The van der Waals surface area contributed by atoms with Crippen molar-refractivity contribution in [1.29, 1.82) is 0 Å². The first-order valence-electron chi connectivity index (χ1n) is 5.73. The number of hydrogen-bond donors (Lipinski definition) is 0. The minimum atomic E-state index is 0.443. The lowest BCUT2D eigenvalue weighted by Gasteiger charge is -2.01. The van der Waals surface area contributed by atoms with Gasteiger partial charge >= 0.3 is 0 Å². The molecule has 0 N–H and O–H groups in total. The van der Waals surface area contributed by atoms with E-state index < -0.39 is 0 Å². The molecule has 0 heteroatoms. The zero-order valence-corrected chi connectivity index (χ0v) is 10.1. The number of rotatable bonds is 2. The second-order valence-electron chi connectivity index (χ2n) is 5.48. The summed E-state index contributed by atoms with van der Waals surface area (Å²) in [5.41, 5.74) is 3.37. The molecule has 0 bridgehead atoms. The quantitative estimate of drug-likeness (QED) is 0.621. The first-order valence-corrected chi connectivity index (χ1v) is 5.73. The minimum Gasteiger partial charge on any atom is -0.0816 e. The lowest BCUT2D eigenvalue weighted by atomic mass is 10.0. The molecule has 0 spiro atoms. The molecule has 2 rings (SSSR count). The predicted molar refractivity (Wildman–Crippen MR) is 65.9 cm³/mol. The number of allylic oxidation sites excluding steroid dienone is 2. The van der Waals surface area contributed by atoms with Crippen LogP contribution in [-0.4, -0.2) is 0 Å². The third kappa shape index (κ3) is 1.86. The maximum atomic E-state index is 2.43. The molecule has 0 amide bonds. The van der Waals surface area contributed by atoms with Gasteiger partial charge in [0.1, 0.15) is 0 Å². The molecule has 1 aromatic rings. The van der Waals surface area contributed by atoms with E-state index in [1.54, 1.807) is 0 Å². The standard InChI is InChI=1S/C15H20/c1-11(2)10-13-14(15(13,3)4)12-8-6-5-7-9-12/h5-10,13-14H,1-4H3/t13-,14+/m1/s1. The van der Waals surface area contributed by atoms with Crippen LogP contribution in [0.15, 0.2) is 42.0 Å². The molecule has 2 atom stereocenters. The van der Waals surface area contributed by atoms with Crippen LogP contribution in [0, 0.1) is 11.3 Å². The van der Waals surface area contributed by atoms with Gasteiger partial charge in [0, 0.05) is 0 Å². The third-order valence-corrected chi connectivity index (χ3v) is 3.58. The zero-order chi connectivity index (χ0) is 11.1. The van der Waals surface area contributed by atoms with Gasteiger partial charge in [-0.1, -0.05) is 55.8 Å². The van der Waals surface area contributed by atoms with E-state index in [-0.39, 0.29) is 0 Å². The molecule has 0 aliphatic heterocycles. The van der Waals surface area contributed by atoms with Crippen LogP contribution < -0.4 is 0 Å². The van der Waals surface area contributed by atoms with Crippen molar-refractivity contribution < 1.29 is 0 Å². The van der Waals surface area contributed by atoms with Gasteiger partial charge in [-0.25, -0.2) is 0 Å². The van der Waals surface area contributed by atoms with Gasteiger partial charge in [-0.05, 0) is 36.7 Å². The van der Waals surface area contributed by atoms with E-state index in [1.807, 2.05) is 0 Å². The predicted octanol–water partition coefficient (Wildman–Crippen LogP) is 4.39. The van der Waals surface area contributed by atoms with Crippen molar-refractivity contribution in [2.24, 2.45) is 11.3 Å². The molecule has 1 aliphatic rings. The summed E-state index contributed by atoms with van der Waals surface area (Å²) in [6.45, 7) is 9.12. The van der Waals surface area contributed by atoms with Crippen LogP contribution in [0.4, 0.5) is 0 Å². The first-order chi connectivity index (χ1) is 7.03. The summed E-state index contributed by atoms with van der Waals surface area (Å²) < 4.78 is 0. The summed E-state index contributed by atoms with van der Waals surface area (Å²) in [5, 5.41) is 0. The fourth-order valence-corrected chi connectivity index (χ4v) is 2.64. The average molecular weight is 200 g/mol. The molecule has 0 aromatic heterocycles. The molecular weight excluding hydrogens is 180 g/mol. The molecule has 0 saturated heterocycles. The Balaban J connectivity index is 2.24. The van der Waals surface area contributed by atoms with Crippen molar-refractivity contribution in [1.82, 2.24) is 0 Å². The Kier molecular flexibility index (Phi) is 2.46. The van der Waals surface area contributed by atoms with Crippen molar-refractivity contribution in [3.63, 3.8) is 0 Å². The molecule has 1 saturated carbocycles. The largest absolute Gasteiger partial charge is 0.0816 e. The van der Waals surface area contributed by atoms with E-state index in [0.29, 0.717) is 11.3 Å². The maximum absolute atomic E-state index is 2.43. The highest BCUT2D eigenvalue weighted by molar-refractivity contribution is 5.35. The molecule has 15 heavy (non-hydrogen) atoms. The smallest absolute Gasteiger partial charge is 0.00364 e. The van der Waals surface area contributed by atoms with Crippen LogP contribution in [0.3, 0.4) is 0 Å². The van der Waals surface area contributed by atoms with Crippen molar-refractivity contribution in [2.75, 3.05) is 0 Å². The van der Waals surface area contributed by atoms with E-state index in [2.05, 4.69) is 64.1 Å². The second-order valence-corrected chi connectivity index (χ2v) is 5.48. The monoisotopic (exact) mass is 200 g/mol.